The first-order chi connectivity index (χ1) is 7.02. The second-order valence-corrected chi connectivity index (χ2v) is 6.08. The Bertz CT molecular complexity index is 602. The highest BCUT2D eigenvalue weighted by molar-refractivity contribution is 8.31. The molecular formula is C8H10N4OS2. The van der Waals surface area contributed by atoms with E-state index in [1.54, 1.807) is 6.07 Å². The lowest BCUT2D eigenvalue weighted by Crippen LogP contribution is -2.14. The van der Waals surface area contributed by atoms with E-state index in [9.17, 15) is 4.21 Å². The molecule has 0 aliphatic carbocycles. The first-order valence-electron chi connectivity index (χ1n) is 4.39. The summed E-state index contributed by atoms with van der Waals surface area (Å²) in [6, 6.07) is 3.67. The summed E-state index contributed by atoms with van der Waals surface area (Å²) in [5.74, 6) is 0. The van der Waals surface area contributed by atoms with Crippen LogP contribution in [0.4, 0.5) is 0 Å². The van der Waals surface area contributed by atoms with E-state index in [1.807, 2.05) is 13.0 Å². The average Bonchev–Trinajstić information content (AvgIpc) is 2.59. The lowest BCUT2D eigenvalue weighted by Gasteiger charge is -2.01. The number of fused-ring (bicyclic) bond motifs is 1. The van der Waals surface area contributed by atoms with Gasteiger partial charge in [0.05, 0.1) is 11.9 Å². The van der Waals surface area contributed by atoms with Crippen molar-refractivity contribution in [3.63, 3.8) is 0 Å². The third-order valence-corrected chi connectivity index (χ3v) is 3.41. The second-order valence-electron chi connectivity index (χ2n) is 3.09. The molecule has 2 aromatic rings. The van der Waals surface area contributed by atoms with Crippen molar-refractivity contribution in [2.45, 2.75) is 18.4 Å². The smallest absolute Gasteiger partial charge is 0.165 e. The molecule has 0 aliphatic rings. The van der Waals surface area contributed by atoms with Crippen LogP contribution in [-0.4, -0.2) is 18.8 Å². The molecule has 0 radical (unpaired) electrons. The fraction of sp³-hybridized carbons (Fsp3) is 0.250. The van der Waals surface area contributed by atoms with Gasteiger partial charge < -0.3 is 0 Å². The first kappa shape index (κ1) is 10.5. The van der Waals surface area contributed by atoms with E-state index in [0.29, 0.717) is 5.65 Å². The molecule has 1 atom stereocenters. The fourth-order valence-electron chi connectivity index (χ4n) is 1.27. The standard InChI is InChI=1S/C8H10N4OS2/c1-2-6-3-4-7-10-5-8(12(7)11-6)15(9,13)14/h3-5H,2H2,1H3,(H2,9,13,14). The van der Waals surface area contributed by atoms with Crippen molar-refractivity contribution >= 4 is 25.5 Å². The van der Waals surface area contributed by atoms with Gasteiger partial charge in [-0.3, -0.25) is 0 Å². The van der Waals surface area contributed by atoms with Crippen LogP contribution in [0.25, 0.3) is 5.65 Å². The molecule has 2 aromatic heterocycles. The topological polar surface area (TPSA) is 73.3 Å². The third-order valence-electron chi connectivity index (χ3n) is 2.04. The zero-order valence-corrected chi connectivity index (χ0v) is 9.72. The number of rotatable bonds is 2. The largest absolute Gasteiger partial charge is 0.245 e. The number of aromatic nitrogens is 3. The van der Waals surface area contributed by atoms with Crippen LogP contribution >= 0.6 is 0 Å². The Kier molecular flexibility index (Phi) is 2.45. The molecule has 2 N–H and O–H groups in total. The number of aryl methyl sites for hydroxylation is 1. The monoisotopic (exact) mass is 242 g/mol. The Balaban J connectivity index is 2.78. The molecule has 2 heterocycles. The molecule has 0 fully saturated rings. The Hall–Kier alpha value is -1.05. The number of nitrogens with zero attached hydrogens (tertiary/aromatic N) is 3. The molecule has 0 aromatic carbocycles. The summed E-state index contributed by atoms with van der Waals surface area (Å²) in [7, 11) is -2.94. The van der Waals surface area contributed by atoms with Gasteiger partial charge in [0.25, 0.3) is 0 Å². The molecule has 7 heteroatoms. The molecule has 0 spiro atoms. The molecule has 1 unspecified atom stereocenters. The molecule has 2 rings (SSSR count). The average molecular weight is 242 g/mol. The zero-order valence-electron chi connectivity index (χ0n) is 8.08. The third kappa shape index (κ3) is 1.85. The van der Waals surface area contributed by atoms with Gasteiger partial charge >= 0.3 is 0 Å². The molecule has 0 aliphatic heterocycles. The molecule has 0 amide bonds. The summed E-state index contributed by atoms with van der Waals surface area (Å²) in [5, 5.41) is 9.93. The molecule has 5 nitrogen and oxygen atoms in total. The minimum atomic E-state index is -2.94. The number of hydrogen-bond acceptors (Lipinski definition) is 4. The van der Waals surface area contributed by atoms with E-state index in [-0.39, 0.29) is 5.03 Å². The van der Waals surface area contributed by atoms with Crippen molar-refractivity contribution in [3.8, 4) is 0 Å². The van der Waals surface area contributed by atoms with Gasteiger partial charge in [0.1, 0.15) is 8.68 Å². The minimum absolute atomic E-state index is 0.280. The lowest BCUT2D eigenvalue weighted by molar-refractivity contribution is 0.674. The van der Waals surface area contributed by atoms with Gasteiger partial charge in [-0.1, -0.05) is 6.92 Å². The van der Waals surface area contributed by atoms with Gasteiger partial charge in [-0.2, -0.15) is 5.10 Å². The lowest BCUT2D eigenvalue weighted by atomic mass is 10.3. The van der Waals surface area contributed by atoms with Gasteiger partial charge in [0, 0.05) is 11.2 Å². The molecule has 0 saturated carbocycles. The van der Waals surface area contributed by atoms with Crippen LogP contribution in [0.5, 0.6) is 0 Å². The molecule has 80 valence electrons. The first-order valence-corrected chi connectivity index (χ1v) is 6.93. The predicted molar refractivity (Wildman–Crippen MR) is 60.3 cm³/mol. The maximum absolute atomic E-state index is 11.6. The van der Waals surface area contributed by atoms with Crippen LogP contribution in [0.1, 0.15) is 12.6 Å². The van der Waals surface area contributed by atoms with Crippen molar-refractivity contribution in [2.24, 2.45) is 5.14 Å². The number of nitrogens with two attached hydrogens (primary N) is 1. The van der Waals surface area contributed by atoms with Gasteiger partial charge in [0.15, 0.2) is 10.7 Å². The predicted octanol–water partition coefficient (Wildman–Crippen LogP) is 0.271. The highest BCUT2D eigenvalue weighted by atomic mass is 32.8. The number of imidazole rings is 1. The number of hydrogen-bond donors (Lipinski definition) is 1. The van der Waals surface area contributed by atoms with E-state index < -0.39 is 8.68 Å². The summed E-state index contributed by atoms with van der Waals surface area (Å²) < 4.78 is 13.0. The summed E-state index contributed by atoms with van der Waals surface area (Å²) >= 11 is 4.72. The van der Waals surface area contributed by atoms with E-state index in [2.05, 4.69) is 10.1 Å². The maximum Gasteiger partial charge on any atom is 0.165 e. The SMILES string of the molecule is CCc1ccc2ncc(S(N)(=O)=S)n2n1. The van der Waals surface area contributed by atoms with Crippen LogP contribution in [0, 0.1) is 0 Å². The van der Waals surface area contributed by atoms with Crippen LogP contribution in [-0.2, 0) is 26.3 Å². The molecule has 15 heavy (non-hydrogen) atoms. The maximum atomic E-state index is 11.6. The van der Waals surface area contributed by atoms with Crippen molar-refractivity contribution in [2.75, 3.05) is 0 Å². The van der Waals surface area contributed by atoms with Gasteiger partial charge in [-0.05, 0) is 18.6 Å². The van der Waals surface area contributed by atoms with Crippen molar-refractivity contribution in [3.05, 3.63) is 24.0 Å². The Labute approximate surface area is 92.1 Å². The Morgan fingerprint density at radius 3 is 2.93 bits per heavy atom. The van der Waals surface area contributed by atoms with Crippen molar-refractivity contribution in [1.29, 1.82) is 0 Å². The van der Waals surface area contributed by atoms with E-state index >= 15 is 0 Å². The van der Waals surface area contributed by atoms with Crippen LogP contribution in [0.2, 0.25) is 0 Å². The summed E-state index contributed by atoms with van der Waals surface area (Å²) in [5.41, 5.74) is 1.48. The quantitative estimate of drug-likeness (QED) is 0.820. The Morgan fingerprint density at radius 2 is 2.33 bits per heavy atom. The highest BCUT2D eigenvalue weighted by Gasteiger charge is 2.12. The summed E-state index contributed by atoms with van der Waals surface area (Å²) in [4.78, 5) is 4.04. The van der Waals surface area contributed by atoms with Gasteiger partial charge in [-0.15, -0.1) is 0 Å². The van der Waals surface area contributed by atoms with Gasteiger partial charge in [-0.25, -0.2) is 18.8 Å². The summed E-state index contributed by atoms with van der Waals surface area (Å²) in [6.07, 6.45) is 2.20. The Morgan fingerprint density at radius 1 is 1.60 bits per heavy atom. The van der Waals surface area contributed by atoms with Gasteiger partial charge in [0.2, 0.25) is 0 Å². The van der Waals surface area contributed by atoms with Crippen molar-refractivity contribution in [1.82, 2.24) is 14.6 Å². The normalized spacial score (nSPS) is 15.3. The highest BCUT2D eigenvalue weighted by Crippen LogP contribution is 2.10. The fourth-order valence-corrected chi connectivity index (χ4v) is 2.19. The van der Waals surface area contributed by atoms with E-state index in [0.717, 1.165) is 12.1 Å². The second kappa shape index (κ2) is 3.51. The zero-order chi connectivity index (χ0) is 11.1. The van der Waals surface area contributed by atoms with Crippen LogP contribution in [0.15, 0.2) is 23.4 Å². The molecule has 0 bridgehead atoms. The molecular weight excluding hydrogens is 232 g/mol. The van der Waals surface area contributed by atoms with E-state index in [4.69, 9.17) is 16.3 Å². The van der Waals surface area contributed by atoms with E-state index in [1.165, 1.54) is 10.7 Å². The van der Waals surface area contributed by atoms with Crippen molar-refractivity contribution < 1.29 is 4.21 Å². The molecule has 0 saturated heterocycles. The summed E-state index contributed by atoms with van der Waals surface area (Å²) in [6.45, 7) is 1.98. The van der Waals surface area contributed by atoms with Crippen LogP contribution in [0.3, 0.4) is 0 Å². The minimum Gasteiger partial charge on any atom is -0.245 e. The van der Waals surface area contributed by atoms with Crippen LogP contribution < -0.4 is 5.14 Å².